The van der Waals surface area contributed by atoms with E-state index >= 15 is 0 Å². The summed E-state index contributed by atoms with van der Waals surface area (Å²) in [5, 5.41) is 0.993. The van der Waals surface area contributed by atoms with Gasteiger partial charge in [-0.15, -0.1) is 0 Å². The Morgan fingerprint density at radius 1 is 1.50 bits per heavy atom. The Kier molecular flexibility index (Phi) is 2.71. The number of rotatable bonds is 2. The highest BCUT2D eigenvalue weighted by atomic mass is 32.2. The van der Waals surface area contributed by atoms with Gasteiger partial charge in [0.1, 0.15) is 0 Å². The van der Waals surface area contributed by atoms with Crippen LogP contribution in [-0.4, -0.2) is 15.5 Å². The van der Waals surface area contributed by atoms with Gasteiger partial charge in [-0.3, -0.25) is 4.18 Å². The van der Waals surface area contributed by atoms with Crippen LogP contribution >= 0.6 is 0 Å². The zero-order chi connectivity index (χ0) is 6.62. The minimum atomic E-state index is -3.35. The molecule has 0 spiro atoms. The average molecular weight is 136 g/mol. The van der Waals surface area contributed by atoms with Crippen molar-refractivity contribution in [1.29, 1.82) is 0 Å². The molecule has 0 aromatic rings. The fourth-order valence-corrected chi connectivity index (χ4v) is 0.667. The van der Waals surface area contributed by atoms with E-state index in [1.165, 1.54) is 6.08 Å². The molecule has 0 aliphatic heterocycles. The van der Waals surface area contributed by atoms with Crippen molar-refractivity contribution >= 4 is 10.1 Å². The predicted molar refractivity (Wildman–Crippen MR) is 30.7 cm³/mol. The van der Waals surface area contributed by atoms with Gasteiger partial charge in [0.15, 0.2) is 0 Å². The molecule has 0 radical (unpaired) electrons. The van der Waals surface area contributed by atoms with E-state index in [1.54, 1.807) is 6.92 Å². The van der Waals surface area contributed by atoms with E-state index < -0.39 is 10.1 Å². The van der Waals surface area contributed by atoms with Crippen molar-refractivity contribution in [2.75, 3.05) is 7.11 Å². The maximum absolute atomic E-state index is 10.3. The van der Waals surface area contributed by atoms with Gasteiger partial charge in [0.25, 0.3) is 10.1 Å². The second kappa shape index (κ2) is 2.84. The first kappa shape index (κ1) is 7.65. The van der Waals surface area contributed by atoms with Crippen LogP contribution in [0.5, 0.6) is 0 Å². The molecule has 0 saturated carbocycles. The lowest BCUT2D eigenvalue weighted by Crippen LogP contribution is -1.95. The van der Waals surface area contributed by atoms with Crippen molar-refractivity contribution in [3.8, 4) is 0 Å². The Bertz CT molecular complexity index is 166. The first-order valence-corrected chi connectivity index (χ1v) is 3.53. The van der Waals surface area contributed by atoms with Crippen LogP contribution in [0.15, 0.2) is 11.5 Å². The maximum atomic E-state index is 10.3. The predicted octanol–water partition coefficient (Wildman–Crippen LogP) is 0.496. The van der Waals surface area contributed by atoms with E-state index in [2.05, 4.69) is 4.18 Å². The second-order valence-corrected chi connectivity index (χ2v) is 2.72. The van der Waals surface area contributed by atoms with E-state index in [0.717, 1.165) is 12.5 Å². The number of hydrogen-bond acceptors (Lipinski definition) is 3. The Hall–Kier alpha value is -0.350. The van der Waals surface area contributed by atoms with Gasteiger partial charge in [-0.05, 0) is 6.92 Å². The monoisotopic (exact) mass is 136 g/mol. The van der Waals surface area contributed by atoms with Gasteiger partial charge in [0.05, 0.1) is 12.5 Å². The molecule has 48 valence electrons. The largest absolute Gasteiger partial charge is 0.289 e. The topological polar surface area (TPSA) is 43.4 Å². The Balaban J connectivity index is 4.17. The molecular weight excluding hydrogens is 128 g/mol. The Morgan fingerprint density at radius 2 is 2.00 bits per heavy atom. The molecule has 0 unspecified atom stereocenters. The molecule has 0 aliphatic rings. The molecule has 0 heterocycles. The van der Waals surface area contributed by atoms with Gasteiger partial charge < -0.3 is 0 Å². The summed E-state index contributed by atoms with van der Waals surface area (Å²) >= 11 is 0. The van der Waals surface area contributed by atoms with Crippen LogP contribution < -0.4 is 0 Å². The Labute approximate surface area is 49.1 Å². The first-order chi connectivity index (χ1) is 3.62. The standard InChI is InChI=1S/C4H8O3S/c1-3-4-8(5,6)7-2/h3-4H,1-2H3/b4-3+. The fourth-order valence-electron chi connectivity index (χ4n) is 0.222. The lowest BCUT2D eigenvalue weighted by Gasteiger charge is -1.88. The normalized spacial score (nSPS) is 12.8. The van der Waals surface area contributed by atoms with Crippen LogP contribution in [0.2, 0.25) is 0 Å². The lowest BCUT2D eigenvalue weighted by atomic mass is 10.8. The van der Waals surface area contributed by atoms with Crippen molar-refractivity contribution in [2.24, 2.45) is 0 Å². The summed E-state index contributed by atoms with van der Waals surface area (Å²) in [6.45, 7) is 1.61. The van der Waals surface area contributed by atoms with Crippen molar-refractivity contribution in [1.82, 2.24) is 0 Å². The van der Waals surface area contributed by atoms with Crippen molar-refractivity contribution in [2.45, 2.75) is 6.92 Å². The van der Waals surface area contributed by atoms with Crippen LogP contribution in [0, 0.1) is 0 Å². The van der Waals surface area contributed by atoms with Gasteiger partial charge in [-0.2, -0.15) is 8.42 Å². The maximum Gasteiger partial charge on any atom is 0.289 e. The molecule has 0 aliphatic carbocycles. The van der Waals surface area contributed by atoms with E-state index in [9.17, 15) is 8.42 Å². The van der Waals surface area contributed by atoms with Crippen molar-refractivity contribution in [3.05, 3.63) is 11.5 Å². The molecule has 0 rings (SSSR count). The fraction of sp³-hybridized carbons (Fsp3) is 0.500. The van der Waals surface area contributed by atoms with Crippen molar-refractivity contribution in [3.63, 3.8) is 0 Å². The Morgan fingerprint density at radius 3 is 2.12 bits per heavy atom. The molecular formula is C4H8O3S. The van der Waals surface area contributed by atoms with E-state index in [1.807, 2.05) is 0 Å². The quantitative estimate of drug-likeness (QED) is 0.519. The van der Waals surface area contributed by atoms with E-state index in [-0.39, 0.29) is 0 Å². The molecule has 0 bridgehead atoms. The highest BCUT2D eigenvalue weighted by Crippen LogP contribution is 1.89. The molecule has 0 aromatic heterocycles. The highest BCUT2D eigenvalue weighted by Gasteiger charge is 1.97. The molecule has 0 atom stereocenters. The number of hydrogen-bond donors (Lipinski definition) is 0. The van der Waals surface area contributed by atoms with Gasteiger partial charge >= 0.3 is 0 Å². The van der Waals surface area contributed by atoms with Crippen LogP contribution in [-0.2, 0) is 14.3 Å². The van der Waals surface area contributed by atoms with Gasteiger partial charge in [0, 0.05) is 0 Å². The lowest BCUT2D eigenvalue weighted by molar-refractivity contribution is 0.406. The average Bonchev–Trinajstić information content (AvgIpc) is 1.67. The van der Waals surface area contributed by atoms with Gasteiger partial charge in [-0.1, -0.05) is 6.08 Å². The van der Waals surface area contributed by atoms with Gasteiger partial charge in [-0.25, -0.2) is 0 Å². The zero-order valence-corrected chi connectivity index (χ0v) is 5.60. The third kappa shape index (κ3) is 2.76. The van der Waals surface area contributed by atoms with E-state index in [4.69, 9.17) is 0 Å². The summed E-state index contributed by atoms with van der Waals surface area (Å²) in [7, 11) is -2.23. The summed E-state index contributed by atoms with van der Waals surface area (Å²) in [5.41, 5.74) is 0. The minimum absolute atomic E-state index is 0.993. The summed E-state index contributed by atoms with van der Waals surface area (Å²) in [6, 6.07) is 0. The van der Waals surface area contributed by atoms with Crippen molar-refractivity contribution < 1.29 is 12.6 Å². The zero-order valence-electron chi connectivity index (χ0n) is 4.79. The van der Waals surface area contributed by atoms with Crippen LogP contribution in [0.4, 0.5) is 0 Å². The summed E-state index contributed by atoms with van der Waals surface area (Å²) in [6.07, 6.45) is 1.40. The molecule has 8 heavy (non-hydrogen) atoms. The van der Waals surface area contributed by atoms with Crippen LogP contribution in [0.1, 0.15) is 6.92 Å². The SMILES string of the molecule is C/C=C/S(=O)(=O)OC. The van der Waals surface area contributed by atoms with E-state index in [0.29, 0.717) is 0 Å². The highest BCUT2D eigenvalue weighted by molar-refractivity contribution is 7.89. The second-order valence-electron chi connectivity index (χ2n) is 1.13. The smallest absolute Gasteiger partial charge is 0.270 e. The van der Waals surface area contributed by atoms with Crippen LogP contribution in [0.25, 0.3) is 0 Å². The summed E-state index contributed by atoms with van der Waals surface area (Å²) in [5.74, 6) is 0. The number of allylic oxidation sites excluding steroid dienone is 1. The molecule has 0 aromatic carbocycles. The van der Waals surface area contributed by atoms with Gasteiger partial charge in [0.2, 0.25) is 0 Å². The third-order valence-corrected chi connectivity index (χ3v) is 1.61. The molecule has 0 amide bonds. The summed E-state index contributed by atoms with van der Waals surface area (Å²) < 4.78 is 24.6. The summed E-state index contributed by atoms with van der Waals surface area (Å²) in [4.78, 5) is 0. The third-order valence-electron chi connectivity index (χ3n) is 0.535. The van der Waals surface area contributed by atoms with Crippen LogP contribution in [0.3, 0.4) is 0 Å². The molecule has 4 heteroatoms. The minimum Gasteiger partial charge on any atom is -0.270 e. The molecule has 0 N–H and O–H groups in total. The molecule has 0 fully saturated rings. The first-order valence-electron chi connectivity index (χ1n) is 2.05. The molecule has 0 saturated heterocycles. The molecule has 3 nitrogen and oxygen atoms in total.